The lowest BCUT2D eigenvalue weighted by molar-refractivity contribution is -0.0567. The quantitative estimate of drug-likeness (QED) is 0.709. The molecule has 1 N–H and O–H groups in total. The second-order valence-electron chi connectivity index (χ2n) is 4.44. The summed E-state index contributed by atoms with van der Waals surface area (Å²) >= 11 is 0. The first-order valence-electron chi connectivity index (χ1n) is 5.45. The Hall–Kier alpha value is -1.89. The fourth-order valence-corrected chi connectivity index (χ4v) is 1.91. The number of esters is 1. The highest BCUT2D eigenvalue weighted by molar-refractivity contribution is 5.89. The molecule has 0 atom stereocenters. The third-order valence-electron chi connectivity index (χ3n) is 2.84. The second kappa shape index (κ2) is 4.09. The molecule has 1 aliphatic rings. The van der Waals surface area contributed by atoms with E-state index in [-0.39, 0.29) is 5.69 Å². The van der Waals surface area contributed by atoms with Gasteiger partial charge in [0.2, 0.25) is 5.75 Å². The summed E-state index contributed by atoms with van der Waals surface area (Å²) in [5, 5.41) is 9.69. The number of hydrogen-bond acceptors (Lipinski definition) is 6. The molecule has 0 radical (unpaired) electrons. The monoisotopic (exact) mass is 254 g/mol. The number of carbonyl (C=O) groups excluding carboxylic acids is 1. The van der Waals surface area contributed by atoms with E-state index in [1.165, 1.54) is 4.57 Å². The van der Waals surface area contributed by atoms with Crippen molar-refractivity contribution in [3.05, 3.63) is 21.9 Å². The Bertz CT molecular complexity index is 561. The van der Waals surface area contributed by atoms with Crippen LogP contribution in [0.2, 0.25) is 0 Å². The van der Waals surface area contributed by atoms with Gasteiger partial charge < -0.3 is 14.6 Å². The van der Waals surface area contributed by atoms with Crippen molar-refractivity contribution in [1.82, 2.24) is 9.55 Å². The average molecular weight is 254 g/mol. The number of hydrogen-bond donors (Lipinski definition) is 1. The minimum atomic E-state index is -0.852. The zero-order chi connectivity index (χ0) is 13.5. The highest BCUT2D eigenvalue weighted by atomic mass is 16.5. The van der Waals surface area contributed by atoms with Crippen molar-refractivity contribution in [2.24, 2.45) is 0 Å². The van der Waals surface area contributed by atoms with Crippen LogP contribution in [0.5, 0.6) is 5.75 Å². The molecular weight excluding hydrogens is 240 g/mol. The first-order valence-corrected chi connectivity index (χ1v) is 5.45. The number of rotatable bonds is 1. The van der Waals surface area contributed by atoms with Crippen LogP contribution in [0.1, 0.15) is 30.2 Å². The van der Waals surface area contributed by atoms with Crippen LogP contribution in [0.4, 0.5) is 0 Å². The topological polar surface area (TPSA) is 90.7 Å². The molecule has 18 heavy (non-hydrogen) atoms. The van der Waals surface area contributed by atoms with Crippen molar-refractivity contribution >= 4 is 5.97 Å². The lowest BCUT2D eigenvalue weighted by atomic mass is 10.1. The van der Waals surface area contributed by atoms with Crippen LogP contribution in [0.25, 0.3) is 0 Å². The van der Waals surface area contributed by atoms with E-state index in [1.54, 1.807) is 13.8 Å². The van der Waals surface area contributed by atoms with Crippen molar-refractivity contribution < 1.29 is 19.4 Å². The molecule has 0 unspecified atom stereocenters. The summed E-state index contributed by atoms with van der Waals surface area (Å²) in [7, 11) is 1.15. The molecule has 0 fully saturated rings. The van der Waals surface area contributed by atoms with Gasteiger partial charge in [-0.25, -0.2) is 9.78 Å². The molecule has 0 saturated heterocycles. The molecule has 2 rings (SSSR count). The third kappa shape index (κ3) is 1.76. The van der Waals surface area contributed by atoms with Gasteiger partial charge in [0.25, 0.3) is 5.56 Å². The van der Waals surface area contributed by atoms with Crippen LogP contribution in [-0.4, -0.2) is 34.3 Å². The minimum Gasteiger partial charge on any atom is -0.501 e. The van der Waals surface area contributed by atoms with Crippen LogP contribution < -0.4 is 5.56 Å². The van der Waals surface area contributed by atoms with Gasteiger partial charge in [-0.05, 0) is 13.8 Å². The highest BCUT2D eigenvalue weighted by Crippen LogP contribution is 2.27. The molecule has 0 aliphatic carbocycles. The zero-order valence-corrected chi connectivity index (χ0v) is 10.4. The Kier molecular flexibility index (Phi) is 2.86. The smallest absolute Gasteiger partial charge is 0.360 e. The number of nitrogens with zero attached hydrogens (tertiary/aromatic N) is 2. The number of aromatic nitrogens is 2. The lowest BCUT2D eigenvalue weighted by Crippen LogP contribution is -2.41. The molecule has 0 aromatic carbocycles. The molecule has 2 heterocycles. The molecule has 1 aliphatic heterocycles. The predicted octanol–water partition coefficient (Wildman–Crippen LogP) is 0.000800. The number of ether oxygens (including phenoxy) is 2. The van der Waals surface area contributed by atoms with Crippen molar-refractivity contribution in [1.29, 1.82) is 0 Å². The molecule has 98 valence electrons. The molecule has 0 spiro atoms. The maximum atomic E-state index is 12.0. The first-order chi connectivity index (χ1) is 8.38. The van der Waals surface area contributed by atoms with E-state index in [9.17, 15) is 14.7 Å². The van der Waals surface area contributed by atoms with Crippen LogP contribution in [0, 0.1) is 0 Å². The largest absolute Gasteiger partial charge is 0.501 e. The molecular formula is C11H14N2O5. The number of carbonyl (C=O) groups is 1. The third-order valence-corrected chi connectivity index (χ3v) is 2.84. The molecule has 1 aromatic heterocycles. The van der Waals surface area contributed by atoms with E-state index in [0.29, 0.717) is 19.0 Å². The summed E-state index contributed by atoms with van der Waals surface area (Å²) < 4.78 is 11.3. The van der Waals surface area contributed by atoms with Crippen molar-refractivity contribution in [2.45, 2.75) is 26.0 Å². The summed E-state index contributed by atoms with van der Waals surface area (Å²) in [6, 6.07) is 0. The summed E-state index contributed by atoms with van der Waals surface area (Å²) in [6.45, 7) is 4.11. The van der Waals surface area contributed by atoms with E-state index in [2.05, 4.69) is 9.72 Å². The predicted molar refractivity (Wildman–Crippen MR) is 60.5 cm³/mol. The van der Waals surface area contributed by atoms with E-state index < -0.39 is 22.9 Å². The second-order valence-corrected chi connectivity index (χ2v) is 4.44. The molecule has 7 nitrogen and oxygen atoms in total. The Morgan fingerprint density at radius 3 is 2.83 bits per heavy atom. The van der Waals surface area contributed by atoms with Gasteiger partial charge in [-0.2, -0.15) is 0 Å². The Morgan fingerprint density at radius 1 is 1.56 bits per heavy atom. The summed E-state index contributed by atoms with van der Waals surface area (Å²) in [6.07, 6.45) is 0. The van der Waals surface area contributed by atoms with E-state index >= 15 is 0 Å². The van der Waals surface area contributed by atoms with Gasteiger partial charge >= 0.3 is 5.97 Å². The number of fused-ring (bicyclic) bond motifs is 1. The van der Waals surface area contributed by atoms with Gasteiger partial charge in [0.15, 0.2) is 5.69 Å². The van der Waals surface area contributed by atoms with Crippen LogP contribution in [0.3, 0.4) is 0 Å². The Balaban J connectivity index is 2.73. The first kappa shape index (κ1) is 12.6. The zero-order valence-electron chi connectivity index (χ0n) is 10.4. The molecule has 1 aromatic rings. The minimum absolute atomic E-state index is 0.291. The molecule has 0 saturated carbocycles. The highest BCUT2D eigenvalue weighted by Gasteiger charge is 2.34. The fourth-order valence-electron chi connectivity index (χ4n) is 1.91. The molecule has 7 heteroatoms. The Morgan fingerprint density at radius 2 is 2.22 bits per heavy atom. The van der Waals surface area contributed by atoms with Gasteiger partial charge in [-0.3, -0.25) is 9.36 Å². The lowest BCUT2D eigenvalue weighted by Gasteiger charge is -2.32. The van der Waals surface area contributed by atoms with E-state index in [4.69, 9.17) is 4.74 Å². The average Bonchev–Trinajstić information content (AvgIpc) is 2.33. The normalized spacial score (nSPS) is 17.1. The van der Waals surface area contributed by atoms with Crippen LogP contribution in [0.15, 0.2) is 4.79 Å². The van der Waals surface area contributed by atoms with Gasteiger partial charge in [-0.15, -0.1) is 0 Å². The number of aromatic hydroxyl groups is 1. The Labute approximate surface area is 103 Å². The van der Waals surface area contributed by atoms with Gasteiger partial charge in [0.1, 0.15) is 11.4 Å². The van der Waals surface area contributed by atoms with E-state index in [1.807, 2.05) is 0 Å². The van der Waals surface area contributed by atoms with Gasteiger partial charge in [0, 0.05) is 0 Å². The SMILES string of the molecule is COC(=O)c1nc2n(c(=O)c1O)CCOC2(C)C. The van der Waals surface area contributed by atoms with Gasteiger partial charge in [0.05, 0.1) is 20.3 Å². The maximum absolute atomic E-state index is 12.0. The standard InChI is InChI=1S/C11H14N2O5/c1-11(2)10-12-6(9(16)17-3)7(14)8(15)13(10)4-5-18-11/h14H,4-5H2,1-3H3. The van der Waals surface area contributed by atoms with Crippen molar-refractivity contribution in [3.8, 4) is 5.75 Å². The fraction of sp³-hybridized carbons (Fsp3) is 0.545. The van der Waals surface area contributed by atoms with Crippen molar-refractivity contribution in [2.75, 3.05) is 13.7 Å². The maximum Gasteiger partial charge on any atom is 0.360 e. The number of methoxy groups -OCH3 is 1. The summed E-state index contributed by atoms with van der Waals surface area (Å²) in [4.78, 5) is 27.4. The summed E-state index contributed by atoms with van der Waals surface area (Å²) in [5.74, 6) is -1.24. The van der Waals surface area contributed by atoms with Gasteiger partial charge in [-0.1, -0.05) is 0 Å². The van der Waals surface area contributed by atoms with E-state index in [0.717, 1.165) is 7.11 Å². The molecule has 0 bridgehead atoms. The van der Waals surface area contributed by atoms with Crippen LogP contribution >= 0.6 is 0 Å². The summed E-state index contributed by atoms with van der Waals surface area (Å²) in [5.41, 5.74) is -1.84. The van der Waals surface area contributed by atoms with Crippen molar-refractivity contribution in [3.63, 3.8) is 0 Å². The molecule has 0 amide bonds. The van der Waals surface area contributed by atoms with Crippen LogP contribution in [-0.2, 0) is 21.6 Å².